The van der Waals surface area contributed by atoms with Crippen LogP contribution in [0.15, 0.2) is 12.1 Å². The van der Waals surface area contributed by atoms with Crippen LogP contribution in [0.2, 0.25) is 0 Å². The molecule has 0 aliphatic heterocycles. The Bertz CT molecular complexity index is 424. The molecule has 0 aromatic heterocycles. The van der Waals surface area contributed by atoms with Crippen molar-refractivity contribution in [1.82, 2.24) is 10.6 Å². The molecule has 2 rings (SSSR count). The van der Waals surface area contributed by atoms with Crippen LogP contribution in [0, 0.1) is 26.2 Å². The molecule has 106 valence electrons. The fraction of sp³-hybridized carbons (Fsp3) is 0.647. The van der Waals surface area contributed by atoms with E-state index >= 15 is 0 Å². The summed E-state index contributed by atoms with van der Waals surface area (Å²) in [7, 11) is 4.18. The third-order valence-corrected chi connectivity index (χ3v) is 4.81. The molecular formula is C17H28N2. The Kier molecular flexibility index (Phi) is 4.32. The molecule has 19 heavy (non-hydrogen) atoms. The van der Waals surface area contributed by atoms with E-state index in [0.29, 0.717) is 11.5 Å². The quantitative estimate of drug-likeness (QED) is 0.849. The SMILES string of the molecule is CNCC1(C(NC)c2c(C)cc(C)cc2C)CCC1. The zero-order valence-corrected chi connectivity index (χ0v) is 13.1. The first kappa shape index (κ1) is 14.5. The van der Waals surface area contributed by atoms with Crippen LogP contribution in [0.25, 0.3) is 0 Å². The number of benzene rings is 1. The van der Waals surface area contributed by atoms with Crippen molar-refractivity contribution >= 4 is 0 Å². The van der Waals surface area contributed by atoms with Crippen LogP contribution in [0.1, 0.15) is 47.6 Å². The number of nitrogens with one attached hydrogen (secondary N) is 2. The zero-order chi connectivity index (χ0) is 14.0. The van der Waals surface area contributed by atoms with E-state index in [1.807, 2.05) is 0 Å². The second kappa shape index (κ2) is 5.64. The highest BCUT2D eigenvalue weighted by molar-refractivity contribution is 5.41. The Labute approximate surface area is 118 Å². The predicted octanol–water partition coefficient (Wildman–Crippen LogP) is 3.26. The van der Waals surface area contributed by atoms with Crippen LogP contribution in [0.3, 0.4) is 0 Å². The van der Waals surface area contributed by atoms with Crippen LogP contribution in [-0.4, -0.2) is 20.6 Å². The number of aryl methyl sites for hydroxylation is 3. The monoisotopic (exact) mass is 260 g/mol. The minimum absolute atomic E-state index is 0.397. The third kappa shape index (κ3) is 2.56. The van der Waals surface area contributed by atoms with Gasteiger partial charge in [0.15, 0.2) is 0 Å². The van der Waals surface area contributed by atoms with Gasteiger partial charge in [-0.25, -0.2) is 0 Å². The van der Waals surface area contributed by atoms with Crippen LogP contribution in [0.5, 0.6) is 0 Å². The molecule has 2 heteroatoms. The summed E-state index contributed by atoms with van der Waals surface area (Å²) >= 11 is 0. The average molecular weight is 260 g/mol. The van der Waals surface area contributed by atoms with Gasteiger partial charge in [0.25, 0.3) is 0 Å². The first-order valence-corrected chi connectivity index (χ1v) is 7.43. The van der Waals surface area contributed by atoms with Gasteiger partial charge < -0.3 is 10.6 Å². The summed E-state index contributed by atoms with van der Waals surface area (Å²) in [5.74, 6) is 0. The van der Waals surface area contributed by atoms with Gasteiger partial charge in [-0.2, -0.15) is 0 Å². The maximum absolute atomic E-state index is 3.61. The van der Waals surface area contributed by atoms with Gasteiger partial charge in [-0.3, -0.25) is 0 Å². The van der Waals surface area contributed by atoms with E-state index in [-0.39, 0.29) is 0 Å². The van der Waals surface area contributed by atoms with Crippen LogP contribution >= 0.6 is 0 Å². The largest absolute Gasteiger partial charge is 0.319 e. The highest BCUT2D eigenvalue weighted by Crippen LogP contribution is 2.50. The molecule has 1 saturated carbocycles. The maximum atomic E-state index is 3.61. The average Bonchev–Trinajstić information content (AvgIpc) is 2.29. The first-order chi connectivity index (χ1) is 9.04. The van der Waals surface area contributed by atoms with Crippen molar-refractivity contribution < 1.29 is 0 Å². The van der Waals surface area contributed by atoms with Crippen molar-refractivity contribution in [2.24, 2.45) is 5.41 Å². The minimum Gasteiger partial charge on any atom is -0.319 e. The molecule has 1 unspecified atom stereocenters. The molecule has 0 saturated heterocycles. The van der Waals surface area contributed by atoms with E-state index in [1.54, 1.807) is 0 Å². The lowest BCUT2D eigenvalue weighted by molar-refractivity contribution is 0.0782. The third-order valence-electron chi connectivity index (χ3n) is 4.81. The van der Waals surface area contributed by atoms with Crippen LogP contribution in [-0.2, 0) is 0 Å². The molecule has 2 nitrogen and oxygen atoms in total. The van der Waals surface area contributed by atoms with E-state index in [4.69, 9.17) is 0 Å². The summed E-state index contributed by atoms with van der Waals surface area (Å²) in [6.07, 6.45) is 4.02. The molecule has 1 aliphatic rings. The van der Waals surface area contributed by atoms with Crippen molar-refractivity contribution in [2.75, 3.05) is 20.6 Å². The van der Waals surface area contributed by atoms with Gasteiger partial charge in [0.05, 0.1) is 0 Å². The van der Waals surface area contributed by atoms with Crippen molar-refractivity contribution in [1.29, 1.82) is 0 Å². The molecule has 0 heterocycles. The predicted molar refractivity (Wildman–Crippen MR) is 82.7 cm³/mol. The lowest BCUT2D eigenvalue weighted by Crippen LogP contribution is -2.48. The minimum atomic E-state index is 0.397. The summed E-state index contributed by atoms with van der Waals surface area (Å²) in [6.45, 7) is 7.80. The fourth-order valence-electron chi connectivity index (χ4n) is 3.95. The summed E-state index contributed by atoms with van der Waals surface area (Å²) in [5.41, 5.74) is 6.14. The van der Waals surface area contributed by atoms with Gasteiger partial charge in [-0.05, 0) is 64.4 Å². The van der Waals surface area contributed by atoms with Gasteiger partial charge in [-0.15, -0.1) is 0 Å². The molecule has 1 fully saturated rings. The molecule has 0 radical (unpaired) electrons. The van der Waals surface area contributed by atoms with E-state index in [0.717, 1.165) is 6.54 Å². The Balaban J connectivity index is 2.42. The van der Waals surface area contributed by atoms with Gasteiger partial charge >= 0.3 is 0 Å². The van der Waals surface area contributed by atoms with Gasteiger partial charge in [-0.1, -0.05) is 24.1 Å². The second-order valence-corrected chi connectivity index (χ2v) is 6.28. The topological polar surface area (TPSA) is 24.1 Å². The highest BCUT2D eigenvalue weighted by atomic mass is 14.9. The van der Waals surface area contributed by atoms with E-state index in [1.165, 1.54) is 41.5 Å². The smallest absolute Gasteiger partial charge is 0.0392 e. The Morgan fingerprint density at radius 2 is 1.68 bits per heavy atom. The van der Waals surface area contributed by atoms with Gasteiger partial charge in [0.2, 0.25) is 0 Å². The molecule has 0 bridgehead atoms. The molecular weight excluding hydrogens is 232 g/mol. The fourth-order valence-corrected chi connectivity index (χ4v) is 3.95. The summed E-state index contributed by atoms with van der Waals surface area (Å²) in [5, 5.41) is 7.01. The Hall–Kier alpha value is -0.860. The van der Waals surface area contributed by atoms with Gasteiger partial charge in [0.1, 0.15) is 0 Å². The zero-order valence-electron chi connectivity index (χ0n) is 13.1. The van der Waals surface area contributed by atoms with Crippen LogP contribution in [0.4, 0.5) is 0 Å². The molecule has 0 amide bonds. The first-order valence-electron chi connectivity index (χ1n) is 7.43. The Morgan fingerprint density at radius 3 is 2.05 bits per heavy atom. The second-order valence-electron chi connectivity index (χ2n) is 6.28. The summed E-state index contributed by atoms with van der Waals surface area (Å²) in [6, 6.07) is 5.10. The number of hydrogen-bond acceptors (Lipinski definition) is 2. The van der Waals surface area contributed by atoms with Crippen molar-refractivity contribution in [2.45, 2.75) is 46.1 Å². The van der Waals surface area contributed by atoms with Crippen molar-refractivity contribution in [3.63, 3.8) is 0 Å². The molecule has 1 atom stereocenters. The van der Waals surface area contributed by atoms with Gasteiger partial charge in [0, 0.05) is 18.0 Å². The summed E-state index contributed by atoms with van der Waals surface area (Å²) in [4.78, 5) is 0. The molecule has 2 N–H and O–H groups in total. The van der Waals surface area contributed by atoms with Crippen LogP contribution < -0.4 is 10.6 Å². The number of rotatable bonds is 5. The van der Waals surface area contributed by atoms with E-state index in [9.17, 15) is 0 Å². The standard InChI is InChI=1S/C17H28N2/c1-12-9-13(2)15(14(3)10-12)16(19-5)17(11-18-4)7-6-8-17/h9-10,16,18-19H,6-8,11H2,1-5H3. The lowest BCUT2D eigenvalue weighted by atomic mass is 9.61. The Morgan fingerprint density at radius 1 is 1.11 bits per heavy atom. The van der Waals surface area contributed by atoms with Crippen molar-refractivity contribution in [3.8, 4) is 0 Å². The van der Waals surface area contributed by atoms with Crippen molar-refractivity contribution in [3.05, 3.63) is 34.4 Å². The summed E-state index contributed by atoms with van der Waals surface area (Å²) < 4.78 is 0. The molecule has 0 spiro atoms. The normalized spacial score (nSPS) is 19.0. The molecule has 1 aromatic rings. The lowest BCUT2D eigenvalue weighted by Gasteiger charge is -2.49. The van der Waals surface area contributed by atoms with E-state index < -0.39 is 0 Å². The highest BCUT2D eigenvalue weighted by Gasteiger charge is 2.44. The number of hydrogen-bond donors (Lipinski definition) is 2. The molecule has 1 aromatic carbocycles. The maximum Gasteiger partial charge on any atom is 0.0392 e. The van der Waals surface area contributed by atoms with E-state index in [2.05, 4.69) is 57.6 Å². The molecule has 1 aliphatic carbocycles.